The number of nitrogens with one attached hydrogen (secondary N) is 1. The molecule has 2 heterocycles. The molecular weight excluding hydrogens is 224 g/mol. The molecule has 1 saturated heterocycles. The van der Waals surface area contributed by atoms with Crippen molar-refractivity contribution < 1.29 is 4.74 Å². The minimum Gasteiger partial charge on any atom is -0.383 e. The number of hydrogen-bond donors (Lipinski definition) is 1. The lowest BCUT2D eigenvalue weighted by Gasteiger charge is -2.31. The van der Waals surface area contributed by atoms with Crippen LogP contribution in [0.3, 0.4) is 0 Å². The van der Waals surface area contributed by atoms with Crippen LogP contribution in [0.1, 0.15) is 18.4 Å². The maximum atomic E-state index is 5.50. The maximum Gasteiger partial charge on any atom is 0.0622 e. The lowest BCUT2D eigenvalue weighted by molar-refractivity contribution is 0.133. The van der Waals surface area contributed by atoms with Crippen molar-refractivity contribution in [2.75, 3.05) is 32.1 Å². The molecular formula is C15H22N2O. The summed E-state index contributed by atoms with van der Waals surface area (Å²) in [6.45, 7) is 2.87. The second kappa shape index (κ2) is 5.29. The van der Waals surface area contributed by atoms with Crippen LogP contribution in [0.2, 0.25) is 0 Å². The first-order chi connectivity index (χ1) is 8.84. The normalized spacial score (nSPS) is 27.7. The number of para-hydroxylation sites is 1. The second-order valence-corrected chi connectivity index (χ2v) is 5.41. The SMILES string of the molecule is CN(C1CCc2ccccc2NC1)C1CCOC1. The molecule has 1 fully saturated rings. The van der Waals surface area contributed by atoms with Gasteiger partial charge in [-0.15, -0.1) is 0 Å². The minimum absolute atomic E-state index is 0.609. The summed E-state index contributed by atoms with van der Waals surface area (Å²) in [5, 5.41) is 3.60. The van der Waals surface area contributed by atoms with Gasteiger partial charge >= 0.3 is 0 Å². The standard InChI is InChI=1S/C15H22N2O/c1-17(14-8-9-18-11-14)13-7-6-12-4-2-3-5-15(12)16-10-13/h2-5,13-14,16H,6-11H2,1H3. The zero-order valence-corrected chi connectivity index (χ0v) is 11.1. The summed E-state index contributed by atoms with van der Waals surface area (Å²) in [5.74, 6) is 0. The first-order valence-electron chi connectivity index (χ1n) is 6.96. The summed E-state index contributed by atoms with van der Waals surface area (Å²) in [4.78, 5) is 2.52. The Morgan fingerprint density at radius 3 is 2.94 bits per heavy atom. The van der Waals surface area contributed by atoms with Gasteiger partial charge in [0.25, 0.3) is 0 Å². The molecule has 0 amide bonds. The topological polar surface area (TPSA) is 24.5 Å². The van der Waals surface area contributed by atoms with E-state index in [1.807, 2.05) is 0 Å². The molecule has 2 aliphatic rings. The maximum absolute atomic E-state index is 5.50. The largest absolute Gasteiger partial charge is 0.383 e. The van der Waals surface area contributed by atoms with Gasteiger partial charge in [0, 0.05) is 30.9 Å². The fourth-order valence-corrected chi connectivity index (χ4v) is 3.05. The molecule has 3 heteroatoms. The van der Waals surface area contributed by atoms with E-state index in [4.69, 9.17) is 4.74 Å². The second-order valence-electron chi connectivity index (χ2n) is 5.41. The molecule has 0 aliphatic carbocycles. The molecule has 2 aliphatic heterocycles. The molecule has 2 unspecified atom stereocenters. The number of hydrogen-bond acceptors (Lipinski definition) is 3. The lowest BCUT2D eigenvalue weighted by atomic mass is 10.0. The van der Waals surface area contributed by atoms with E-state index in [9.17, 15) is 0 Å². The Labute approximate surface area is 109 Å². The van der Waals surface area contributed by atoms with Gasteiger partial charge < -0.3 is 10.1 Å². The predicted molar refractivity (Wildman–Crippen MR) is 74.0 cm³/mol. The van der Waals surface area contributed by atoms with Crippen molar-refractivity contribution in [1.82, 2.24) is 4.90 Å². The molecule has 1 N–H and O–H groups in total. The van der Waals surface area contributed by atoms with Gasteiger partial charge in [0.2, 0.25) is 0 Å². The third-order valence-electron chi connectivity index (χ3n) is 4.35. The van der Waals surface area contributed by atoms with Crippen molar-refractivity contribution in [1.29, 1.82) is 0 Å². The van der Waals surface area contributed by atoms with Gasteiger partial charge in [0.05, 0.1) is 6.61 Å². The lowest BCUT2D eigenvalue weighted by Crippen LogP contribution is -2.43. The molecule has 0 radical (unpaired) electrons. The fraction of sp³-hybridized carbons (Fsp3) is 0.600. The first kappa shape index (κ1) is 12.0. The Morgan fingerprint density at radius 2 is 2.11 bits per heavy atom. The highest BCUT2D eigenvalue weighted by atomic mass is 16.5. The van der Waals surface area contributed by atoms with Gasteiger partial charge in [0.15, 0.2) is 0 Å². The van der Waals surface area contributed by atoms with Crippen molar-refractivity contribution >= 4 is 5.69 Å². The van der Waals surface area contributed by atoms with Gasteiger partial charge in [-0.3, -0.25) is 4.90 Å². The molecule has 98 valence electrons. The molecule has 0 spiro atoms. The number of benzene rings is 1. The quantitative estimate of drug-likeness (QED) is 0.865. The van der Waals surface area contributed by atoms with Gasteiger partial charge in [-0.2, -0.15) is 0 Å². The molecule has 0 saturated carbocycles. The van der Waals surface area contributed by atoms with Crippen LogP contribution < -0.4 is 5.32 Å². The highest BCUT2D eigenvalue weighted by Gasteiger charge is 2.27. The highest BCUT2D eigenvalue weighted by Crippen LogP contribution is 2.24. The van der Waals surface area contributed by atoms with Crippen molar-refractivity contribution in [3.63, 3.8) is 0 Å². The number of aryl methyl sites for hydroxylation is 1. The van der Waals surface area contributed by atoms with E-state index in [1.54, 1.807) is 0 Å². The van der Waals surface area contributed by atoms with Gasteiger partial charge in [0.1, 0.15) is 0 Å². The third kappa shape index (κ3) is 2.38. The van der Waals surface area contributed by atoms with E-state index in [0.717, 1.165) is 19.8 Å². The molecule has 2 atom stereocenters. The van der Waals surface area contributed by atoms with E-state index < -0.39 is 0 Å². The van der Waals surface area contributed by atoms with Crippen molar-refractivity contribution in [2.45, 2.75) is 31.3 Å². The number of rotatable bonds is 2. The summed E-state index contributed by atoms with van der Waals surface area (Å²) >= 11 is 0. The molecule has 3 rings (SSSR count). The van der Waals surface area contributed by atoms with Crippen LogP contribution in [0.15, 0.2) is 24.3 Å². The summed E-state index contributed by atoms with van der Waals surface area (Å²) in [7, 11) is 2.25. The summed E-state index contributed by atoms with van der Waals surface area (Å²) in [6.07, 6.45) is 3.59. The average Bonchev–Trinajstić information content (AvgIpc) is 2.85. The first-order valence-corrected chi connectivity index (χ1v) is 6.96. The summed E-state index contributed by atoms with van der Waals surface area (Å²) in [6, 6.07) is 9.90. The Balaban J connectivity index is 1.67. The highest BCUT2D eigenvalue weighted by molar-refractivity contribution is 5.52. The summed E-state index contributed by atoms with van der Waals surface area (Å²) < 4.78 is 5.50. The third-order valence-corrected chi connectivity index (χ3v) is 4.35. The Morgan fingerprint density at radius 1 is 1.22 bits per heavy atom. The molecule has 3 nitrogen and oxygen atoms in total. The molecule has 0 aromatic heterocycles. The van der Waals surface area contributed by atoms with E-state index in [1.165, 1.54) is 30.5 Å². The molecule has 1 aromatic carbocycles. The zero-order valence-electron chi connectivity index (χ0n) is 11.1. The molecule has 1 aromatic rings. The van der Waals surface area contributed by atoms with Crippen molar-refractivity contribution in [3.05, 3.63) is 29.8 Å². The van der Waals surface area contributed by atoms with E-state index in [-0.39, 0.29) is 0 Å². The molecule has 0 bridgehead atoms. The van der Waals surface area contributed by atoms with Crippen LogP contribution in [0.25, 0.3) is 0 Å². The Hall–Kier alpha value is -1.06. The average molecular weight is 246 g/mol. The van der Waals surface area contributed by atoms with Crippen LogP contribution >= 0.6 is 0 Å². The van der Waals surface area contributed by atoms with E-state index in [0.29, 0.717) is 12.1 Å². The van der Waals surface area contributed by atoms with Crippen molar-refractivity contribution in [2.24, 2.45) is 0 Å². The van der Waals surface area contributed by atoms with Crippen LogP contribution in [-0.2, 0) is 11.2 Å². The van der Waals surface area contributed by atoms with E-state index >= 15 is 0 Å². The molecule has 18 heavy (non-hydrogen) atoms. The zero-order chi connectivity index (χ0) is 12.4. The van der Waals surface area contributed by atoms with Crippen molar-refractivity contribution in [3.8, 4) is 0 Å². The number of ether oxygens (including phenoxy) is 1. The van der Waals surface area contributed by atoms with Gasteiger partial charge in [-0.05, 0) is 37.9 Å². The minimum atomic E-state index is 0.609. The Kier molecular flexibility index (Phi) is 3.52. The smallest absolute Gasteiger partial charge is 0.0622 e. The van der Waals surface area contributed by atoms with Crippen LogP contribution in [0, 0.1) is 0 Å². The number of nitrogens with zero attached hydrogens (tertiary/aromatic N) is 1. The number of fused-ring (bicyclic) bond motifs is 1. The predicted octanol–water partition coefficient (Wildman–Crippen LogP) is 2.13. The fourth-order valence-electron chi connectivity index (χ4n) is 3.05. The Bertz CT molecular complexity index is 374. The van der Waals surface area contributed by atoms with Gasteiger partial charge in [-0.25, -0.2) is 0 Å². The monoisotopic (exact) mass is 246 g/mol. The van der Waals surface area contributed by atoms with E-state index in [2.05, 4.69) is 41.5 Å². The number of anilines is 1. The number of likely N-dealkylation sites (N-methyl/N-ethyl adjacent to an activating group) is 1. The van der Waals surface area contributed by atoms with Crippen LogP contribution in [0.5, 0.6) is 0 Å². The summed E-state index contributed by atoms with van der Waals surface area (Å²) in [5.41, 5.74) is 2.77. The van der Waals surface area contributed by atoms with Gasteiger partial charge in [-0.1, -0.05) is 18.2 Å². The van der Waals surface area contributed by atoms with Crippen LogP contribution in [0.4, 0.5) is 5.69 Å². The van der Waals surface area contributed by atoms with Crippen LogP contribution in [-0.4, -0.2) is 43.8 Å².